The number of hydrogen-bond acceptors (Lipinski definition) is 4. The molecule has 0 atom stereocenters. The van der Waals surface area contributed by atoms with E-state index in [9.17, 15) is 0 Å². The minimum Gasteiger partial charge on any atom is -0.309 e. The molecule has 0 fully saturated rings. The third-order valence-electron chi connectivity index (χ3n) is 9.24. The van der Waals surface area contributed by atoms with E-state index in [1.165, 1.54) is 52.8 Å². The van der Waals surface area contributed by atoms with Crippen LogP contribution in [0, 0.1) is 0 Å². The van der Waals surface area contributed by atoms with Gasteiger partial charge in [0.1, 0.15) is 0 Å². The lowest BCUT2D eigenvalue weighted by molar-refractivity contribution is 1.07. The summed E-state index contributed by atoms with van der Waals surface area (Å²) < 4.78 is 5.07. The summed E-state index contributed by atoms with van der Waals surface area (Å²) in [6.07, 6.45) is 0. The molecule has 0 unspecified atom stereocenters. The standard InChI is InChI=1S/C43H26N4S/c1-3-11-28(12-4-1)41-44-42(29-13-5-2-6-14-29)46-43(45-41)30-19-23-31(24-20-30)47-36-17-9-7-15-32(36)34-25-21-27-22-26-35-33-16-8-10-18-37(33)48-40(35)38(27)39(34)47/h1-26H. The molecule has 0 saturated carbocycles. The fourth-order valence-corrected chi connectivity index (χ4v) is 8.26. The van der Waals surface area contributed by atoms with Crippen LogP contribution < -0.4 is 0 Å². The number of benzene rings is 7. The van der Waals surface area contributed by atoms with E-state index in [-0.39, 0.29) is 0 Å². The normalized spacial score (nSPS) is 11.8. The molecule has 0 bridgehead atoms. The molecule has 0 aliphatic heterocycles. The summed E-state index contributed by atoms with van der Waals surface area (Å²) in [5.74, 6) is 1.96. The van der Waals surface area contributed by atoms with Crippen molar-refractivity contribution < 1.29 is 0 Å². The van der Waals surface area contributed by atoms with E-state index in [4.69, 9.17) is 15.0 Å². The van der Waals surface area contributed by atoms with Crippen molar-refractivity contribution in [3.8, 4) is 39.9 Å². The molecular weight excluding hydrogens is 605 g/mol. The van der Waals surface area contributed by atoms with Gasteiger partial charge in [-0.15, -0.1) is 11.3 Å². The van der Waals surface area contributed by atoms with Gasteiger partial charge in [0.05, 0.1) is 11.0 Å². The summed E-state index contributed by atoms with van der Waals surface area (Å²) in [4.78, 5) is 14.8. The van der Waals surface area contributed by atoms with Gasteiger partial charge in [-0.1, -0.05) is 121 Å². The summed E-state index contributed by atoms with van der Waals surface area (Å²) in [6, 6.07) is 55.4. The highest BCUT2D eigenvalue weighted by Gasteiger charge is 2.19. The van der Waals surface area contributed by atoms with Crippen molar-refractivity contribution >= 4 is 64.1 Å². The summed E-state index contributed by atoms with van der Waals surface area (Å²) >= 11 is 1.88. The van der Waals surface area contributed by atoms with E-state index < -0.39 is 0 Å². The Balaban J connectivity index is 1.20. The maximum absolute atomic E-state index is 4.96. The first-order valence-electron chi connectivity index (χ1n) is 16.0. The summed E-state index contributed by atoms with van der Waals surface area (Å²) in [6.45, 7) is 0. The second-order valence-corrected chi connectivity index (χ2v) is 13.1. The Hall–Kier alpha value is -6.17. The summed E-state index contributed by atoms with van der Waals surface area (Å²) in [7, 11) is 0. The van der Waals surface area contributed by atoms with Crippen molar-refractivity contribution in [3.63, 3.8) is 0 Å². The highest BCUT2D eigenvalue weighted by molar-refractivity contribution is 7.26. The number of aromatic nitrogens is 4. The van der Waals surface area contributed by atoms with E-state index in [1.807, 2.05) is 72.0 Å². The molecule has 0 radical (unpaired) electrons. The van der Waals surface area contributed by atoms with Gasteiger partial charge in [-0.2, -0.15) is 0 Å². The molecule has 7 aromatic carbocycles. The smallest absolute Gasteiger partial charge is 0.164 e. The Labute approximate surface area is 280 Å². The maximum Gasteiger partial charge on any atom is 0.164 e. The van der Waals surface area contributed by atoms with E-state index in [0.29, 0.717) is 17.5 Å². The van der Waals surface area contributed by atoms with Crippen molar-refractivity contribution in [2.45, 2.75) is 0 Å². The van der Waals surface area contributed by atoms with Crippen LogP contribution in [-0.2, 0) is 0 Å². The molecule has 3 aromatic heterocycles. The van der Waals surface area contributed by atoms with Crippen molar-refractivity contribution in [1.29, 1.82) is 0 Å². The monoisotopic (exact) mass is 630 g/mol. The average molecular weight is 631 g/mol. The number of para-hydroxylation sites is 1. The molecular formula is C43H26N4S. The van der Waals surface area contributed by atoms with Crippen LogP contribution >= 0.6 is 11.3 Å². The van der Waals surface area contributed by atoms with E-state index in [1.54, 1.807) is 0 Å². The van der Waals surface area contributed by atoms with Crippen molar-refractivity contribution in [3.05, 3.63) is 158 Å². The second-order valence-electron chi connectivity index (χ2n) is 12.0. The average Bonchev–Trinajstić information content (AvgIpc) is 3.71. The molecule has 10 rings (SSSR count). The molecule has 0 aliphatic rings. The second kappa shape index (κ2) is 10.7. The Bertz CT molecular complexity index is 2750. The van der Waals surface area contributed by atoms with Gasteiger partial charge in [-0.3, -0.25) is 0 Å². The van der Waals surface area contributed by atoms with Gasteiger partial charge in [-0.25, -0.2) is 15.0 Å². The van der Waals surface area contributed by atoms with E-state index >= 15 is 0 Å². The molecule has 5 heteroatoms. The van der Waals surface area contributed by atoms with Crippen LogP contribution in [0.3, 0.4) is 0 Å². The van der Waals surface area contributed by atoms with Gasteiger partial charge in [0.15, 0.2) is 17.5 Å². The van der Waals surface area contributed by atoms with Gasteiger partial charge < -0.3 is 4.57 Å². The van der Waals surface area contributed by atoms with Crippen molar-refractivity contribution in [2.75, 3.05) is 0 Å². The fraction of sp³-hybridized carbons (Fsp3) is 0. The summed E-state index contributed by atoms with van der Waals surface area (Å²) in [5.41, 5.74) is 6.36. The Morgan fingerprint density at radius 2 is 0.958 bits per heavy atom. The van der Waals surface area contributed by atoms with E-state index in [2.05, 4.69) is 102 Å². The molecule has 0 amide bonds. The lowest BCUT2D eigenvalue weighted by atomic mass is 10.0. The molecule has 10 aromatic rings. The van der Waals surface area contributed by atoms with Crippen LogP contribution in [0.2, 0.25) is 0 Å². The van der Waals surface area contributed by atoms with Crippen LogP contribution in [0.1, 0.15) is 0 Å². The largest absolute Gasteiger partial charge is 0.309 e. The van der Waals surface area contributed by atoms with Crippen LogP contribution in [0.25, 0.3) is 92.6 Å². The topological polar surface area (TPSA) is 43.6 Å². The van der Waals surface area contributed by atoms with Crippen LogP contribution in [0.5, 0.6) is 0 Å². The number of rotatable bonds is 4. The SMILES string of the molecule is c1ccc(-c2nc(-c3ccccc3)nc(-c3ccc(-n4c5ccccc5c5ccc6ccc7c8ccccc8sc7c6c54)cc3)n2)cc1. The minimum atomic E-state index is 0.647. The van der Waals surface area contributed by atoms with Crippen LogP contribution in [-0.4, -0.2) is 19.5 Å². The van der Waals surface area contributed by atoms with Gasteiger partial charge in [-0.05, 0) is 41.8 Å². The first kappa shape index (κ1) is 27.0. The zero-order valence-electron chi connectivity index (χ0n) is 25.7. The number of fused-ring (bicyclic) bond motifs is 9. The minimum absolute atomic E-state index is 0.647. The molecule has 0 spiro atoms. The van der Waals surface area contributed by atoms with Crippen molar-refractivity contribution in [2.24, 2.45) is 0 Å². The van der Waals surface area contributed by atoms with Gasteiger partial charge in [0.25, 0.3) is 0 Å². The summed E-state index contributed by atoms with van der Waals surface area (Å²) in [5, 5.41) is 7.66. The number of thiophene rings is 1. The van der Waals surface area contributed by atoms with Crippen molar-refractivity contribution in [1.82, 2.24) is 19.5 Å². The Morgan fingerprint density at radius 1 is 0.417 bits per heavy atom. The zero-order chi connectivity index (χ0) is 31.6. The Kier molecular flexibility index (Phi) is 6.01. The third kappa shape index (κ3) is 4.18. The Morgan fingerprint density at radius 3 is 1.62 bits per heavy atom. The van der Waals surface area contributed by atoms with Gasteiger partial charge >= 0.3 is 0 Å². The van der Waals surface area contributed by atoms with Crippen LogP contribution in [0.4, 0.5) is 0 Å². The number of hydrogen-bond donors (Lipinski definition) is 0. The molecule has 0 saturated heterocycles. The van der Waals surface area contributed by atoms with Gasteiger partial charge in [0.2, 0.25) is 0 Å². The highest BCUT2D eigenvalue weighted by atomic mass is 32.1. The molecule has 48 heavy (non-hydrogen) atoms. The van der Waals surface area contributed by atoms with Crippen LogP contribution in [0.15, 0.2) is 158 Å². The molecule has 224 valence electrons. The predicted molar refractivity (Wildman–Crippen MR) is 201 cm³/mol. The maximum atomic E-state index is 4.96. The molecule has 4 nitrogen and oxygen atoms in total. The highest BCUT2D eigenvalue weighted by Crippen LogP contribution is 2.44. The van der Waals surface area contributed by atoms with E-state index in [0.717, 1.165) is 22.4 Å². The zero-order valence-corrected chi connectivity index (χ0v) is 26.5. The lowest BCUT2D eigenvalue weighted by Crippen LogP contribution is -2.00. The van der Waals surface area contributed by atoms with Gasteiger partial charge in [0, 0.05) is 58.7 Å². The molecule has 3 heterocycles. The quantitative estimate of drug-likeness (QED) is 0.194. The number of nitrogens with zero attached hydrogens (tertiary/aromatic N) is 4. The predicted octanol–water partition coefficient (Wildman–Crippen LogP) is 11.5. The lowest BCUT2D eigenvalue weighted by Gasteiger charge is -2.12. The molecule has 0 N–H and O–H groups in total. The third-order valence-corrected chi connectivity index (χ3v) is 10.4. The fourth-order valence-electron chi connectivity index (χ4n) is 7.01. The first-order valence-corrected chi connectivity index (χ1v) is 16.9. The first-order chi connectivity index (χ1) is 23.8. The molecule has 0 aliphatic carbocycles.